The van der Waals surface area contributed by atoms with E-state index < -0.39 is 0 Å². The molecule has 0 radical (unpaired) electrons. The van der Waals surface area contributed by atoms with Crippen LogP contribution in [-0.2, 0) is 11.8 Å². The van der Waals surface area contributed by atoms with E-state index in [2.05, 4.69) is 4.98 Å². The molecule has 3 aromatic rings. The van der Waals surface area contributed by atoms with Gasteiger partial charge in [-0.05, 0) is 29.8 Å². The van der Waals surface area contributed by atoms with E-state index in [1.165, 1.54) is 22.8 Å². The molecule has 1 fully saturated rings. The molecular weight excluding hydrogens is 347 g/mol. The van der Waals surface area contributed by atoms with E-state index in [1.807, 2.05) is 23.1 Å². The van der Waals surface area contributed by atoms with E-state index in [0.717, 1.165) is 11.1 Å². The summed E-state index contributed by atoms with van der Waals surface area (Å²) in [5.74, 6) is 0.275. The van der Waals surface area contributed by atoms with Gasteiger partial charge in [-0.2, -0.15) is 0 Å². The van der Waals surface area contributed by atoms with Gasteiger partial charge in [0.15, 0.2) is 0 Å². The van der Waals surface area contributed by atoms with E-state index in [0.29, 0.717) is 31.3 Å². The molecule has 0 amide bonds. The van der Waals surface area contributed by atoms with Crippen molar-refractivity contribution < 1.29 is 9.13 Å². The van der Waals surface area contributed by atoms with Crippen molar-refractivity contribution in [3.8, 4) is 11.3 Å². The monoisotopic (exact) mass is 366 g/mol. The van der Waals surface area contributed by atoms with Crippen molar-refractivity contribution in [2.75, 3.05) is 24.6 Å². The van der Waals surface area contributed by atoms with Crippen LogP contribution in [0.25, 0.3) is 11.3 Å². The number of benzene rings is 1. The maximum atomic E-state index is 13.6. The summed E-state index contributed by atoms with van der Waals surface area (Å²) < 4.78 is 20.9. The first-order chi connectivity index (χ1) is 13.1. The molecule has 1 saturated heterocycles. The molecule has 1 aliphatic heterocycles. The molecule has 7 heteroatoms. The first kappa shape index (κ1) is 17.4. The van der Waals surface area contributed by atoms with E-state index in [1.54, 1.807) is 25.5 Å². The van der Waals surface area contributed by atoms with Crippen molar-refractivity contribution in [1.29, 1.82) is 0 Å². The quantitative estimate of drug-likeness (QED) is 0.713. The smallest absolute Gasteiger partial charge is 0.255 e. The molecule has 3 heterocycles. The maximum absolute atomic E-state index is 13.6. The number of hydrogen-bond acceptors (Lipinski definition) is 5. The SMILES string of the molecule is Cn1c(N2CCOC(c3cccc(F)c3)C2)nc(-c2ccncc2)cc1=O. The van der Waals surface area contributed by atoms with Gasteiger partial charge in [0.1, 0.15) is 11.9 Å². The summed E-state index contributed by atoms with van der Waals surface area (Å²) in [6, 6.07) is 11.6. The second-order valence-corrected chi connectivity index (χ2v) is 6.43. The molecular formula is C20H19FN4O2. The lowest BCUT2D eigenvalue weighted by Gasteiger charge is -2.34. The Labute approximate surface area is 155 Å². The van der Waals surface area contributed by atoms with Gasteiger partial charge in [0.05, 0.1) is 18.8 Å². The van der Waals surface area contributed by atoms with Crippen molar-refractivity contribution >= 4 is 5.95 Å². The van der Waals surface area contributed by atoms with Gasteiger partial charge >= 0.3 is 0 Å². The Bertz CT molecular complexity index is 1010. The zero-order valence-corrected chi connectivity index (χ0v) is 14.9. The van der Waals surface area contributed by atoms with Crippen molar-refractivity contribution in [3.63, 3.8) is 0 Å². The van der Waals surface area contributed by atoms with Gasteiger partial charge < -0.3 is 9.64 Å². The third-order valence-corrected chi connectivity index (χ3v) is 4.66. The molecule has 2 aromatic heterocycles. The highest BCUT2D eigenvalue weighted by Crippen LogP contribution is 2.26. The van der Waals surface area contributed by atoms with Crippen molar-refractivity contribution in [2.45, 2.75) is 6.10 Å². The van der Waals surface area contributed by atoms with Crippen LogP contribution >= 0.6 is 0 Å². The molecule has 6 nitrogen and oxygen atoms in total. The third kappa shape index (κ3) is 3.59. The molecule has 1 unspecified atom stereocenters. The van der Waals surface area contributed by atoms with Crippen LogP contribution in [0.1, 0.15) is 11.7 Å². The second-order valence-electron chi connectivity index (χ2n) is 6.43. The fourth-order valence-electron chi connectivity index (χ4n) is 3.22. The normalized spacial score (nSPS) is 17.1. The first-order valence-electron chi connectivity index (χ1n) is 8.72. The van der Waals surface area contributed by atoms with Gasteiger partial charge in [-0.25, -0.2) is 9.37 Å². The Kier molecular flexibility index (Phi) is 4.68. The van der Waals surface area contributed by atoms with Crippen LogP contribution in [-0.4, -0.2) is 34.2 Å². The average molecular weight is 366 g/mol. The maximum Gasteiger partial charge on any atom is 0.255 e. The molecule has 138 valence electrons. The molecule has 4 rings (SSSR count). The number of morpholine rings is 1. The Morgan fingerprint density at radius 1 is 1.19 bits per heavy atom. The third-order valence-electron chi connectivity index (χ3n) is 4.66. The summed E-state index contributed by atoms with van der Waals surface area (Å²) in [5, 5.41) is 0. The predicted octanol–water partition coefficient (Wildman–Crippen LogP) is 2.56. The Balaban J connectivity index is 1.68. The molecule has 0 N–H and O–H groups in total. The number of halogens is 1. The minimum absolute atomic E-state index is 0.138. The lowest BCUT2D eigenvalue weighted by molar-refractivity contribution is 0.0388. The van der Waals surface area contributed by atoms with E-state index in [-0.39, 0.29) is 17.5 Å². The molecule has 27 heavy (non-hydrogen) atoms. The molecule has 1 atom stereocenters. The minimum Gasteiger partial charge on any atom is -0.370 e. The number of aromatic nitrogens is 3. The zero-order chi connectivity index (χ0) is 18.8. The van der Waals surface area contributed by atoms with Gasteiger partial charge in [0.25, 0.3) is 5.56 Å². The van der Waals surface area contributed by atoms with Gasteiger partial charge in [0, 0.05) is 37.6 Å². The molecule has 1 aliphatic rings. The fourth-order valence-corrected chi connectivity index (χ4v) is 3.22. The number of nitrogens with zero attached hydrogens (tertiary/aromatic N) is 4. The Morgan fingerprint density at radius 2 is 2.00 bits per heavy atom. The number of hydrogen-bond donors (Lipinski definition) is 0. The van der Waals surface area contributed by atoms with E-state index in [4.69, 9.17) is 9.72 Å². The van der Waals surface area contributed by atoms with Crippen LogP contribution in [0.15, 0.2) is 59.7 Å². The molecule has 0 saturated carbocycles. The van der Waals surface area contributed by atoms with Gasteiger partial charge in [-0.1, -0.05) is 12.1 Å². The van der Waals surface area contributed by atoms with Crippen LogP contribution in [0.5, 0.6) is 0 Å². The molecule has 0 spiro atoms. The lowest BCUT2D eigenvalue weighted by Crippen LogP contribution is -2.41. The largest absolute Gasteiger partial charge is 0.370 e. The summed E-state index contributed by atoms with van der Waals surface area (Å²) in [6.07, 6.45) is 3.06. The summed E-state index contributed by atoms with van der Waals surface area (Å²) >= 11 is 0. The van der Waals surface area contributed by atoms with Gasteiger partial charge in [-0.15, -0.1) is 0 Å². The average Bonchev–Trinajstić information content (AvgIpc) is 2.71. The van der Waals surface area contributed by atoms with Crippen molar-refractivity contribution in [3.05, 3.63) is 76.6 Å². The van der Waals surface area contributed by atoms with E-state index in [9.17, 15) is 9.18 Å². The number of rotatable bonds is 3. The van der Waals surface area contributed by atoms with Gasteiger partial charge in [-0.3, -0.25) is 14.3 Å². The highest BCUT2D eigenvalue weighted by atomic mass is 19.1. The lowest BCUT2D eigenvalue weighted by atomic mass is 10.1. The number of pyridine rings is 1. The summed E-state index contributed by atoms with van der Waals surface area (Å²) in [4.78, 5) is 23.2. The number of anilines is 1. The van der Waals surface area contributed by atoms with Crippen LogP contribution in [0.2, 0.25) is 0 Å². The van der Waals surface area contributed by atoms with Crippen LogP contribution in [0.4, 0.5) is 10.3 Å². The minimum atomic E-state index is -0.293. The van der Waals surface area contributed by atoms with Crippen LogP contribution in [0, 0.1) is 5.82 Å². The highest BCUT2D eigenvalue weighted by molar-refractivity contribution is 5.59. The standard InChI is InChI=1S/C20H19FN4O2/c1-24-19(26)12-17(14-5-7-22-8-6-14)23-20(24)25-9-10-27-18(13-25)15-3-2-4-16(21)11-15/h2-8,11-12,18H,9-10,13H2,1H3. The topological polar surface area (TPSA) is 60.2 Å². The Morgan fingerprint density at radius 3 is 2.78 bits per heavy atom. The fraction of sp³-hybridized carbons (Fsp3) is 0.250. The Hall–Kier alpha value is -3.06. The van der Waals surface area contributed by atoms with Crippen LogP contribution in [0.3, 0.4) is 0 Å². The zero-order valence-electron chi connectivity index (χ0n) is 14.9. The number of ether oxygens (including phenoxy) is 1. The molecule has 0 aliphatic carbocycles. The van der Waals surface area contributed by atoms with E-state index >= 15 is 0 Å². The predicted molar refractivity (Wildman–Crippen MR) is 100 cm³/mol. The van der Waals surface area contributed by atoms with Crippen LogP contribution < -0.4 is 10.5 Å². The van der Waals surface area contributed by atoms with Gasteiger partial charge in [0.2, 0.25) is 5.95 Å². The summed E-state index contributed by atoms with van der Waals surface area (Å²) in [7, 11) is 1.70. The second kappa shape index (κ2) is 7.28. The molecule has 1 aromatic carbocycles. The summed E-state index contributed by atoms with van der Waals surface area (Å²) in [6.45, 7) is 1.56. The molecule has 0 bridgehead atoms. The van der Waals surface area contributed by atoms with Crippen molar-refractivity contribution in [1.82, 2.24) is 14.5 Å². The summed E-state index contributed by atoms with van der Waals surface area (Å²) in [5.41, 5.74) is 2.07. The highest BCUT2D eigenvalue weighted by Gasteiger charge is 2.25. The first-order valence-corrected chi connectivity index (χ1v) is 8.72. The van der Waals surface area contributed by atoms with Crippen molar-refractivity contribution in [2.24, 2.45) is 7.05 Å².